The minimum absolute atomic E-state index is 0.0580. The molecule has 182 valence electrons. The number of nitrogens with one attached hydrogen (secondary N) is 2. The zero-order valence-electron chi connectivity index (χ0n) is 18.7. The van der Waals surface area contributed by atoms with Crippen LogP contribution in [0.25, 0.3) is 6.08 Å². The van der Waals surface area contributed by atoms with E-state index in [1.54, 1.807) is 53.4 Å². The number of benzene rings is 2. The van der Waals surface area contributed by atoms with Gasteiger partial charge in [-0.25, -0.2) is 9.69 Å². The van der Waals surface area contributed by atoms with Crippen molar-refractivity contribution in [2.45, 2.75) is 0 Å². The van der Waals surface area contributed by atoms with Crippen molar-refractivity contribution in [3.05, 3.63) is 64.3 Å². The first kappa shape index (κ1) is 24.4. The van der Waals surface area contributed by atoms with Crippen molar-refractivity contribution in [1.82, 2.24) is 15.1 Å². The summed E-state index contributed by atoms with van der Waals surface area (Å²) in [5.41, 5.74) is 1.25. The zero-order chi connectivity index (χ0) is 24.8. The van der Waals surface area contributed by atoms with Gasteiger partial charge < -0.3 is 25.0 Å². The molecule has 35 heavy (non-hydrogen) atoms. The molecule has 11 heteroatoms. The van der Waals surface area contributed by atoms with Gasteiger partial charge in [0.25, 0.3) is 11.8 Å². The molecule has 2 fully saturated rings. The highest BCUT2D eigenvalue weighted by atomic mass is 79.9. The molecule has 0 aliphatic carbocycles. The highest BCUT2D eigenvalue weighted by Gasteiger charge is 2.34. The lowest BCUT2D eigenvalue weighted by atomic mass is 10.2. The summed E-state index contributed by atoms with van der Waals surface area (Å²) in [4.78, 5) is 51.9. The minimum atomic E-state index is -0.672. The fraction of sp³-hybridized carbons (Fsp3) is 0.250. The van der Waals surface area contributed by atoms with Gasteiger partial charge in [0.2, 0.25) is 5.91 Å². The first-order chi connectivity index (χ1) is 16.9. The summed E-state index contributed by atoms with van der Waals surface area (Å²) in [6.45, 7) is 1.66. The van der Waals surface area contributed by atoms with E-state index in [1.165, 1.54) is 6.08 Å². The van der Waals surface area contributed by atoms with Gasteiger partial charge in [-0.2, -0.15) is 0 Å². The molecule has 2 N–H and O–H groups in total. The van der Waals surface area contributed by atoms with Crippen LogP contribution in [-0.2, 0) is 19.1 Å². The molecule has 5 amide bonds. The third-order valence-electron chi connectivity index (χ3n) is 5.31. The Balaban J connectivity index is 1.31. The van der Waals surface area contributed by atoms with Crippen molar-refractivity contribution < 1.29 is 28.7 Å². The number of halogens is 1. The lowest BCUT2D eigenvalue weighted by Crippen LogP contribution is -2.42. The summed E-state index contributed by atoms with van der Waals surface area (Å²) in [7, 11) is 0. The quantitative estimate of drug-likeness (QED) is 0.409. The Bertz CT molecular complexity index is 1140. The van der Waals surface area contributed by atoms with Crippen LogP contribution in [0.1, 0.15) is 5.56 Å². The Morgan fingerprint density at radius 2 is 1.74 bits per heavy atom. The maximum absolute atomic E-state index is 12.7. The van der Waals surface area contributed by atoms with E-state index in [4.69, 9.17) is 9.47 Å². The van der Waals surface area contributed by atoms with Gasteiger partial charge in [-0.15, -0.1) is 0 Å². The van der Waals surface area contributed by atoms with Gasteiger partial charge in [0.05, 0.1) is 13.2 Å². The minimum Gasteiger partial charge on any atom is -0.484 e. The van der Waals surface area contributed by atoms with Gasteiger partial charge in [0.1, 0.15) is 18.0 Å². The molecule has 0 bridgehead atoms. The van der Waals surface area contributed by atoms with Crippen LogP contribution in [0.15, 0.2) is 58.7 Å². The number of morpholine rings is 1. The SMILES string of the molecule is O=C(CN1C(=O)N/C(=C\c2ccc(OCC(=O)N3CCOCC3)cc2)C1=O)Nc1ccc(Br)cc1. The number of carbonyl (C=O) groups is 4. The van der Waals surface area contributed by atoms with Crippen LogP contribution in [0, 0.1) is 0 Å². The Kier molecular flexibility index (Phi) is 7.78. The molecule has 0 atom stereocenters. The number of imide groups is 1. The average molecular weight is 543 g/mol. The van der Waals surface area contributed by atoms with E-state index < -0.39 is 24.4 Å². The molecule has 2 aliphatic heterocycles. The summed E-state index contributed by atoms with van der Waals surface area (Å²) in [5.74, 6) is -0.701. The molecule has 2 aromatic carbocycles. The fourth-order valence-corrected chi connectivity index (χ4v) is 3.73. The Morgan fingerprint density at radius 1 is 1.06 bits per heavy atom. The van der Waals surface area contributed by atoms with E-state index in [-0.39, 0.29) is 18.2 Å². The standard InChI is InChI=1S/C24H23BrN4O6/c25-17-3-5-18(6-4-17)26-21(30)14-29-23(32)20(27-24(29)33)13-16-1-7-19(8-2-16)35-15-22(31)28-9-11-34-12-10-28/h1-8,13H,9-12,14-15H2,(H,26,30)(H,27,33)/b20-13-. The van der Waals surface area contributed by atoms with E-state index in [9.17, 15) is 19.2 Å². The summed E-state index contributed by atoms with van der Waals surface area (Å²) < 4.78 is 11.7. The van der Waals surface area contributed by atoms with Crippen LogP contribution in [0.3, 0.4) is 0 Å². The fourth-order valence-electron chi connectivity index (χ4n) is 3.47. The first-order valence-electron chi connectivity index (χ1n) is 10.9. The van der Waals surface area contributed by atoms with Crippen molar-refractivity contribution in [2.75, 3.05) is 44.8 Å². The maximum Gasteiger partial charge on any atom is 0.329 e. The molecule has 4 rings (SSSR count). The van der Waals surface area contributed by atoms with Gasteiger partial charge in [-0.05, 0) is 48.0 Å². The molecule has 2 heterocycles. The second-order valence-electron chi connectivity index (χ2n) is 7.79. The van der Waals surface area contributed by atoms with Crippen molar-refractivity contribution in [3.63, 3.8) is 0 Å². The molecule has 0 spiro atoms. The third kappa shape index (κ3) is 6.46. The molecule has 0 saturated carbocycles. The predicted molar refractivity (Wildman–Crippen MR) is 130 cm³/mol. The van der Waals surface area contributed by atoms with E-state index >= 15 is 0 Å². The van der Waals surface area contributed by atoms with Crippen molar-refractivity contribution >= 4 is 51.4 Å². The Morgan fingerprint density at radius 3 is 2.43 bits per heavy atom. The summed E-state index contributed by atoms with van der Waals surface area (Å²) in [5, 5.41) is 5.14. The highest BCUT2D eigenvalue weighted by Crippen LogP contribution is 2.18. The van der Waals surface area contributed by atoms with Crippen LogP contribution in [0.2, 0.25) is 0 Å². The van der Waals surface area contributed by atoms with Gasteiger partial charge in [-0.1, -0.05) is 28.1 Å². The van der Waals surface area contributed by atoms with Crippen molar-refractivity contribution in [2.24, 2.45) is 0 Å². The van der Waals surface area contributed by atoms with Gasteiger partial charge in [-0.3, -0.25) is 14.4 Å². The summed E-state index contributed by atoms with van der Waals surface area (Å²) >= 11 is 3.31. The number of rotatable bonds is 7. The number of carbonyl (C=O) groups excluding carboxylic acids is 4. The molecule has 2 aliphatic rings. The first-order valence-corrected chi connectivity index (χ1v) is 11.7. The number of nitrogens with zero attached hydrogens (tertiary/aromatic N) is 2. The topological polar surface area (TPSA) is 117 Å². The molecule has 0 aromatic heterocycles. The van der Waals surface area contributed by atoms with Gasteiger partial charge >= 0.3 is 6.03 Å². The Hall–Kier alpha value is -3.70. The van der Waals surface area contributed by atoms with Crippen LogP contribution in [-0.4, -0.2) is 73.0 Å². The van der Waals surface area contributed by atoms with Crippen LogP contribution < -0.4 is 15.4 Å². The maximum atomic E-state index is 12.7. The smallest absolute Gasteiger partial charge is 0.329 e. The molecule has 0 radical (unpaired) electrons. The largest absolute Gasteiger partial charge is 0.484 e. The average Bonchev–Trinajstić information content (AvgIpc) is 3.12. The van der Waals surface area contributed by atoms with Crippen LogP contribution in [0.5, 0.6) is 5.75 Å². The summed E-state index contributed by atoms with van der Waals surface area (Å²) in [6, 6.07) is 13.0. The van der Waals surface area contributed by atoms with Crippen molar-refractivity contribution in [1.29, 1.82) is 0 Å². The predicted octanol–water partition coefficient (Wildman–Crippen LogP) is 2.22. The lowest BCUT2D eigenvalue weighted by Gasteiger charge is -2.26. The lowest BCUT2D eigenvalue weighted by molar-refractivity contribution is -0.137. The second kappa shape index (κ2) is 11.2. The zero-order valence-corrected chi connectivity index (χ0v) is 20.2. The van der Waals surface area contributed by atoms with Crippen LogP contribution in [0.4, 0.5) is 10.5 Å². The molecule has 2 aromatic rings. The third-order valence-corrected chi connectivity index (χ3v) is 5.84. The number of anilines is 1. The molecule has 0 unspecified atom stereocenters. The Labute approximate surface area is 210 Å². The van der Waals surface area contributed by atoms with E-state index in [2.05, 4.69) is 26.6 Å². The number of urea groups is 1. The van der Waals surface area contributed by atoms with E-state index in [0.29, 0.717) is 43.3 Å². The second-order valence-corrected chi connectivity index (χ2v) is 8.70. The van der Waals surface area contributed by atoms with Gasteiger partial charge in [0, 0.05) is 23.2 Å². The van der Waals surface area contributed by atoms with Crippen LogP contribution >= 0.6 is 15.9 Å². The number of hydrogen-bond acceptors (Lipinski definition) is 6. The molecular formula is C24H23BrN4O6. The molecule has 2 saturated heterocycles. The molecule has 10 nitrogen and oxygen atoms in total. The van der Waals surface area contributed by atoms with E-state index in [0.717, 1.165) is 9.37 Å². The monoisotopic (exact) mass is 542 g/mol. The summed E-state index contributed by atoms with van der Waals surface area (Å²) in [6.07, 6.45) is 1.51. The van der Waals surface area contributed by atoms with Gasteiger partial charge in [0.15, 0.2) is 6.61 Å². The van der Waals surface area contributed by atoms with Crippen molar-refractivity contribution in [3.8, 4) is 5.75 Å². The van der Waals surface area contributed by atoms with E-state index in [1.807, 2.05) is 0 Å². The molecular weight excluding hydrogens is 520 g/mol. The normalized spacial score (nSPS) is 16.9. The number of amides is 5. The number of ether oxygens (including phenoxy) is 2. The highest BCUT2D eigenvalue weighted by molar-refractivity contribution is 9.10. The number of hydrogen-bond donors (Lipinski definition) is 2.